The van der Waals surface area contributed by atoms with E-state index in [4.69, 9.17) is 0 Å². The number of nitrogens with one attached hydrogen (secondary N) is 1. The number of aromatic nitrogens is 2. The van der Waals surface area contributed by atoms with Crippen molar-refractivity contribution in [2.24, 2.45) is 0 Å². The zero-order valence-electron chi connectivity index (χ0n) is 11.2. The van der Waals surface area contributed by atoms with Gasteiger partial charge >= 0.3 is 0 Å². The number of hydrogen-bond acceptors (Lipinski definition) is 4. The number of hydrogen-bond donors (Lipinski definition) is 1. The summed E-state index contributed by atoms with van der Waals surface area (Å²) in [4.78, 5) is 10.6. The van der Waals surface area contributed by atoms with Crippen LogP contribution in [0.4, 0.5) is 5.82 Å². The third-order valence-electron chi connectivity index (χ3n) is 3.50. The fourth-order valence-corrected chi connectivity index (χ4v) is 3.02. The van der Waals surface area contributed by atoms with Gasteiger partial charge in [0.25, 0.3) is 0 Å². The third-order valence-corrected chi connectivity index (χ3v) is 3.99. The fourth-order valence-electron chi connectivity index (χ4n) is 2.57. The van der Waals surface area contributed by atoms with Crippen molar-refractivity contribution in [3.63, 3.8) is 0 Å². The van der Waals surface area contributed by atoms with Gasteiger partial charge in [0, 0.05) is 36.3 Å². The molecule has 1 N–H and O–H groups in total. The minimum absolute atomic E-state index is 0.469. The first-order valence-electron chi connectivity index (χ1n) is 6.79. The van der Waals surface area contributed by atoms with E-state index in [2.05, 4.69) is 60.4 Å². The van der Waals surface area contributed by atoms with Gasteiger partial charge in [-0.05, 0) is 30.2 Å². The van der Waals surface area contributed by atoms with Gasteiger partial charge < -0.3 is 5.32 Å². The largest absolute Gasteiger partial charge is 0.366 e. The van der Waals surface area contributed by atoms with Crippen LogP contribution >= 0.6 is 15.9 Å². The fraction of sp³-hybridized carbons (Fsp3) is 0.333. The van der Waals surface area contributed by atoms with Crippen molar-refractivity contribution >= 4 is 21.7 Å². The van der Waals surface area contributed by atoms with E-state index >= 15 is 0 Å². The molecule has 1 aliphatic heterocycles. The Morgan fingerprint density at radius 1 is 1.35 bits per heavy atom. The average molecular weight is 333 g/mol. The lowest BCUT2D eigenvalue weighted by Crippen LogP contribution is -2.26. The summed E-state index contributed by atoms with van der Waals surface area (Å²) in [7, 11) is 0. The molecule has 0 radical (unpaired) electrons. The van der Waals surface area contributed by atoms with Gasteiger partial charge in [0.15, 0.2) is 0 Å². The Hall–Kier alpha value is -1.46. The first kappa shape index (κ1) is 13.5. The quantitative estimate of drug-likeness (QED) is 0.934. The Kier molecular flexibility index (Phi) is 4.28. The minimum atomic E-state index is 0.469. The van der Waals surface area contributed by atoms with Crippen LogP contribution in [-0.2, 0) is 6.54 Å². The van der Waals surface area contributed by atoms with Gasteiger partial charge in [-0.25, -0.2) is 9.97 Å². The smallest absolute Gasteiger partial charge is 0.129 e. The lowest BCUT2D eigenvalue weighted by atomic mass is 10.2. The van der Waals surface area contributed by atoms with Crippen molar-refractivity contribution in [3.05, 3.63) is 52.9 Å². The van der Waals surface area contributed by atoms with Gasteiger partial charge in [-0.1, -0.05) is 28.1 Å². The van der Waals surface area contributed by atoms with Crippen LogP contribution in [-0.4, -0.2) is 34.0 Å². The highest BCUT2D eigenvalue weighted by molar-refractivity contribution is 9.10. The molecule has 2 aromatic rings. The highest BCUT2D eigenvalue weighted by Gasteiger charge is 2.22. The molecular weight excluding hydrogens is 316 g/mol. The lowest BCUT2D eigenvalue weighted by molar-refractivity contribution is 0.328. The predicted octanol–water partition coefficient (Wildman–Crippen LogP) is 2.93. The van der Waals surface area contributed by atoms with E-state index in [9.17, 15) is 0 Å². The molecule has 0 aliphatic carbocycles. The Bertz CT molecular complexity index is 561. The highest BCUT2D eigenvalue weighted by Crippen LogP contribution is 2.18. The maximum atomic E-state index is 4.22. The van der Waals surface area contributed by atoms with Crippen molar-refractivity contribution in [1.29, 1.82) is 0 Å². The number of likely N-dealkylation sites (tertiary alicyclic amines) is 1. The summed E-state index contributed by atoms with van der Waals surface area (Å²) in [5, 5.41) is 3.47. The van der Waals surface area contributed by atoms with Crippen LogP contribution in [0.5, 0.6) is 0 Å². The molecule has 0 amide bonds. The van der Waals surface area contributed by atoms with Crippen LogP contribution in [0, 0.1) is 0 Å². The van der Waals surface area contributed by atoms with E-state index < -0.39 is 0 Å². The molecule has 1 saturated heterocycles. The molecule has 0 saturated carbocycles. The van der Waals surface area contributed by atoms with E-state index in [1.165, 1.54) is 5.56 Å². The van der Waals surface area contributed by atoms with Crippen LogP contribution in [0.25, 0.3) is 0 Å². The molecule has 104 valence electrons. The molecule has 1 unspecified atom stereocenters. The molecular formula is C15H17BrN4. The number of halogens is 1. The average Bonchev–Trinajstić information content (AvgIpc) is 2.87. The van der Waals surface area contributed by atoms with Gasteiger partial charge in [0.1, 0.15) is 12.1 Å². The molecule has 4 nitrogen and oxygen atoms in total. The summed E-state index contributed by atoms with van der Waals surface area (Å²) in [5.74, 6) is 0.911. The highest BCUT2D eigenvalue weighted by atomic mass is 79.9. The molecule has 0 spiro atoms. The van der Waals surface area contributed by atoms with Gasteiger partial charge in [0.05, 0.1) is 0 Å². The molecule has 5 heteroatoms. The summed E-state index contributed by atoms with van der Waals surface area (Å²) in [6.45, 7) is 3.17. The van der Waals surface area contributed by atoms with Crippen LogP contribution in [0.3, 0.4) is 0 Å². The lowest BCUT2D eigenvalue weighted by Gasteiger charge is -2.17. The van der Waals surface area contributed by atoms with E-state index in [0.29, 0.717) is 6.04 Å². The van der Waals surface area contributed by atoms with Gasteiger partial charge in [-0.15, -0.1) is 0 Å². The van der Waals surface area contributed by atoms with E-state index in [1.807, 2.05) is 6.07 Å². The second-order valence-electron chi connectivity index (χ2n) is 5.09. The monoisotopic (exact) mass is 332 g/mol. The van der Waals surface area contributed by atoms with E-state index in [1.54, 1.807) is 12.5 Å². The van der Waals surface area contributed by atoms with Crippen molar-refractivity contribution < 1.29 is 0 Å². The van der Waals surface area contributed by atoms with Gasteiger partial charge in [-0.3, -0.25) is 4.90 Å². The maximum Gasteiger partial charge on any atom is 0.129 e. The summed E-state index contributed by atoms with van der Waals surface area (Å²) >= 11 is 3.52. The SMILES string of the molecule is Brc1cccc(CN2CCC(Nc3ccncn3)C2)c1. The molecule has 1 aromatic heterocycles. The second-order valence-corrected chi connectivity index (χ2v) is 6.01. The van der Waals surface area contributed by atoms with Crippen LogP contribution in [0.1, 0.15) is 12.0 Å². The third kappa shape index (κ3) is 3.55. The van der Waals surface area contributed by atoms with Gasteiger partial charge in [-0.2, -0.15) is 0 Å². The molecule has 3 rings (SSSR count). The summed E-state index contributed by atoms with van der Waals surface area (Å²) in [6.07, 6.45) is 4.50. The Balaban J connectivity index is 1.54. The summed E-state index contributed by atoms with van der Waals surface area (Å²) < 4.78 is 1.14. The topological polar surface area (TPSA) is 41.0 Å². The summed E-state index contributed by atoms with van der Waals surface area (Å²) in [5.41, 5.74) is 1.35. The molecule has 1 aliphatic rings. The first-order valence-corrected chi connectivity index (χ1v) is 7.58. The number of anilines is 1. The van der Waals surface area contributed by atoms with Crippen molar-refractivity contribution in [2.75, 3.05) is 18.4 Å². The number of benzene rings is 1. The number of nitrogens with zero attached hydrogens (tertiary/aromatic N) is 3. The summed E-state index contributed by atoms with van der Waals surface area (Å²) in [6, 6.07) is 10.9. The molecule has 1 aromatic carbocycles. The Labute approximate surface area is 127 Å². The number of rotatable bonds is 4. The molecule has 0 bridgehead atoms. The molecule has 1 atom stereocenters. The van der Waals surface area contributed by atoms with E-state index in [0.717, 1.165) is 36.3 Å². The Morgan fingerprint density at radius 2 is 2.30 bits per heavy atom. The zero-order chi connectivity index (χ0) is 13.8. The first-order chi connectivity index (χ1) is 9.79. The molecule has 1 fully saturated rings. The maximum absolute atomic E-state index is 4.22. The predicted molar refractivity (Wildman–Crippen MR) is 83.5 cm³/mol. The van der Waals surface area contributed by atoms with Crippen molar-refractivity contribution in [2.45, 2.75) is 19.0 Å². The normalized spacial score (nSPS) is 19.1. The zero-order valence-corrected chi connectivity index (χ0v) is 12.8. The van der Waals surface area contributed by atoms with E-state index in [-0.39, 0.29) is 0 Å². The van der Waals surface area contributed by atoms with Crippen LogP contribution in [0.2, 0.25) is 0 Å². The minimum Gasteiger partial charge on any atom is -0.366 e. The van der Waals surface area contributed by atoms with Crippen LogP contribution < -0.4 is 5.32 Å². The van der Waals surface area contributed by atoms with Crippen LogP contribution in [0.15, 0.2) is 47.3 Å². The standard InChI is InChI=1S/C15H17BrN4/c16-13-3-1-2-12(8-13)9-20-7-5-14(10-20)19-15-4-6-17-11-18-15/h1-4,6,8,11,14H,5,7,9-10H2,(H,17,18,19). The van der Waals surface area contributed by atoms with Gasteiger partial charge in [0.2, 0.25) is 0 Å². The second kappa shape index (κ2) is 6.33. The van der Waals surface area contributed by atoms with Crippen molar-refractivity contribution in [1.82, 2.24) is 14.9 Å². The van der Waals surface area contributed by atoms with Crippen molar-refractivity contribution in [3.8, 4) is 0 Å². The Morgan fingerprint density at radius 3 is 3.10 bits per heavy atom. The molecule has 20 heavy (non-hydrogen) atoms. The molecule has 2 heterocycles.